The van der Waals surface area contributed by atoms with Gasteiger partial charge in [-0.25, -0.2) is 5.54 Å². The molecule has 0 aliphatic rings. The Kier molecular flexibility index (Phi) is 2.36. The summed E-state index contributed by atoms with van der Waals surface area (Å²) in [5, 5.41) is 0. The number of halogens is 1. The fourth-order valence-electron chi connectivity index (χ4n) is 1.36. The van der Waals surface area contributed by atoms with Crippen LogP contribution in [-0.2, 0) is 0 Å². The zero-order valence-corrected chi connectivity index (χ0v) is 7.96. The second-order valence-corrected chi connectivity index (χ2v) is 3.23. The van der Waals surface area contributed by atoms with Crippen molar-refractivity contribution in [2.45, 2.75) is 27.7 Å². The van der Waals surface area contributed by atoms with Crippen LogP contribution >= 0.6 is 0 Å². The summed E-state index contributed by atoms with van der Waals surface area (Å²) in [5.74, 6) is 0. The van der Waals surface area contributed by atoms with Gasteiger partial charge in [0.2, 0.25) is 0 Å². The number of anilines is 1. The van der Waals surface area contributed by atoms with Crippen molar-refractivity contribution < 1.29 is 4.48 Å². The van der Waals surface area contributed by atoms with E-state index in [1.807, 2.05) is 27.7 Å². The van der Waals surface area contributed by atoms with E-state index in [-0.39, 0.29) is 0 Å². The smallest absolute Gasteiger partial charge is 0.0719 e. The van der Waals surface area contributed by atoms with Crippen molar-refractivity contribution in [1.29, 1.82) is 0 Å². The second-order valence-electron chi connectivity index (χ2n) is 3.23. The predicted octanol–water partition coefficient (Wildman–Crippen LogP) is 3.22. The summed E-state index contributed by atoms with van der Waals surface area (Å²) < 4.78 is 12.4. The summed E-state index contributed by atoms with van der Waals surface area (Å²) in [6, 6.07) is 2.07. The van der Waals surface area contributed by atoms with Gasteiger partial charge in [0.1, 0.15) is 0 Å². The monoisotopic (exact) mass is 167 g/mol. The lowest BCUT2D eigenvalue weighted by atomic mass is 9.99. The number of benzene rings is 1. The second kappa shape index (κ2) is 3.13. The molecule has 1 N–H and O–H groups in total. The summed E-state index contributed by atoms with van der Waals surface area (Å²) in [4.78, 5) is 0. The molecule has 0 spiro atoms. The van der Waals surface area contributed by atoms with Gasteiger partial charge in [-0.1, -0.05) is 6.07 Å². The van der Waals surface area contributed by atoms with Crippen LogP contribution < -0.4 is 5.54 Å². The highest BCUT2D eigenvalue weighted by molar-refractivity contribution is 5.60. The van der Waals surface area contributed by atoms with Crippen LogP contribution in [0.3, 0.4) is 0 Å². The third kappa shape index (κ3) is 1.29. The molecule has 0 amide bonds. The Morgan fingerprint density at radius 1 is 1.00 bits per heavy atom. The van der Waals surface area contributed by atoms with Gasteiger partial charge in [0.25, 0.3) is 0 Å². The normalized spacial score (nSPS) is 10.1. The summed E-state index contributed by atoms with van der Waals surface area (Å²) in [6.45, 7) is 7.82. The molecule has 0 saturated heterocycles. The fraction of sp³-hybridized carbons (Fsp3) is 0.400. The van der Waals surface area contributed by atoms with E-state index >= 15 is 0 Å². The SMILES string of the molecule is Cc1cc(C)c(C)c(NF)c1C. The lowest BCUT2D eigenvalue weighted by Gasteiger charge is -2.12. The molecule has 0 heterocycles. The van der Waals surface area contributed by atoms with Crippen LogP contribution in [0.25, 0.3) is 0 Å². The van der Waals surface area contributed by atoms with Crippen LogP contribution in [0, 0.1) is 27.7 Å². The maximum Gasteiger partial charge on any atom is 0.0719 e. The van der Waals surface area contributed by atoms with E-state index in [9.17, 15) is 4.48 Å². The van der Waals surface area contributed by atoms with Crippen molar-refractivity contribution in [3.8, 4) is 0 Å². The molecule has 0 fully saturated rings. The number of rotatable bonds is 1. The zero-order chi connectivity index (χ0) is 9.30. The van der Waals surface area contributed by atoms with Gasteiger partial charge in [0.15, 0.2) is 0 Å². The van der Waals surface area contributed by atoms with Crippen LogP contribution in [-0.4, -0.2) is 0 Å². The van der Waals surface area contributed by atoms with Crippen LogP contribution in [0.5, 0.6) is 0 Å². The van der Waals surface area contributed by atoms with E-state index < -0.39 is 0 Å². The molecule has 0 radical (unpaired) electrons. The third-order valence-electron chi connectivity index (χ3n) is 2.46. The number of nitrogens with one attached hydrogen (secondary N) is 1. The first-order valence-corrected chi connectivity index (χ1v) is 4.02. The molecule has 0 aliphatic heterocycles. The number of hydrogen-bond donors (Lipinski definition) is 1. The molecule has 1 aromatic rings. The van der Waals surface area contributed by atoms with E-state index in [1.54, 1.807) is 5.54 Å². The average molecular weight is 167 g/mol. The Morgan fingerprint density at radius 3 is 1.75 bits per heavy atom. The van der Waals surface area contributed by atoms with Crippen LogP contribution in [0.2, 0.25) is 0 Å². The molecule has 0 aromatic heterocycles. The largest absolute Gasteiger partial charge is 0.224 e. The fourth-order valence-corrected chi connectivity index (χ4v) is 1.36. The zero-order valence-electron chi connectivity index (χ0n) is 7.96. The van der Waals surface area contributed by atoms with Crippen LogP contribution in [0.1, 0.15) is 22.3 Å². The molecule has 1 nitrogen and oxygen atoms in total. The Hall–Kier alpha value is -1.05. The summed E-state index contributed by atoms with van der Waals surface area (Å²) in [7, 11) is 0. The van der Waals surface area contributed by atoms with E-state index in [0.717, 1.165) is 22.3 Å². The van der Waals surface area contributed by atoms with Crippen LogP contribution in [0.4, 0.5) is 10.2 Å². The summed E-state index contributed by atoms with van der Waals surface area (Å²) >= 11 is 0. The van der Waals surface area contributed by atoms with Crippen LogP contribution in [0.15, 0.2) is 6.07 Å². The minimum absolute atomic E-state index is 0.618. The molecule has 0 atom stereocenters. The molecule has 0 saturated carbocycles. The van der Waals surface area contributed by atoms with Gasteiger partial charge in [-0.05, 0) is 49.9 Å². The van der Waals surface area contributed by atoms with E-state index in [0.29, 0.717) is 5.69 Å². The van der Waals surface area contributed by atoms with E-state index in [4.69, 9.17) is 0 Å². The molecule has 12 heavy (non-hydrogen) atoms. The van der Waals surface area contributed by atoms with Gasteiger partial charge in [0, 0.05) is 0 Å². The van der Waals surface area contributed by atoms with Crippen molar-refractivity contribution >= 4 is 5.69 Å². The standard InChI is InChI=1S/C10H14FN/c1-6-5-7(2)9(4)10(12-11)8(6)3/h5,12H,1-4H3. The maximum atomic E-state index is 12.4. The van der Waals surface area contributed by atoms with Gasteiger partial charge in [0.05, 0.1) is 5.69 Å². The first kappa shape index (κ1) is 9.04. The molecule has 1 rings (SSSR count). The minimum atomic E-state index is 0.618. The Morgan fingerprint density at radius 2 is 1.42 bits per heavy atom. The maximum absolute atomic E-state index is 12.4. The Labute approximate surface area is 72.5 Å². The molecule has 66 valence electrons. The average Bonchev–Trinajstić information content (AvgIpc) is 2.02. The van der Waals surface area contributed by atoms with Gasteiger partial charge in [-0.15, -0.1) is 4.48 Å². The molecule has 0 bridgehead atoms. The predicted molar refractivity (Wildman–Crippen MR) is 50.1 cm³/mol. The van der Waals surface area contributed by atoms with Crippen molar-refractivity contribution in [2.75, 3.05) is 5.54 Å². The first-order chi connectivity index (χ1) is 5.57. The summed E-state index contributed by atoms with van der Waals surface area (Å²) in [6.07, 6.45) is 0. The lowest BCUT2D eigenvalue weighted by Crippen LogP contribution is -1.96. The van der Waals surface area contributed by atoms with Gasteiger partial charge in [-0.2, -0.15) is 0 Å². The lowest BCUT2D eigenvalue weighted by molar-refractivity contribution is 0.615. The highest BCUT2D eigenvalue weighted by Crippen LogP contribution is 2.26. The Balaban J connectivity index is 3.42. The highest BCUT2D eigenvalue weighted by atomic mass is 19.2. The molecular weight excluding hydrogens is 153 g/mol. The van der Waals surface area contributed by atoms with E-state index in [1.165, 1.54) is 0 Å². The summed E-state index contributed by atoms with van der Waals surface area (Å²) in [5.41, 5.74) is 6.58. The topological polar surface area (TPSA) is 12.0 Å². The number of hydrogen-bond acceptors (Lipinski definition) is 1. The first-order valence-electron chi connectivity index (χ1n) is 4.02. The van der Waals surface area contributed by atoms with E-state index in [2.05, 4.69) is 6.07 Å². The van der Waals surface area contributed by atoms with Crippen molar-refractivity contribution in [3.63, 3.8) is 0 Å². The number of aryl methyl sites for hydroxylation is 2. The minimum Gasteiger partial charge on any atom is -0.224 e. The molecule has 0 unspecified atom stereocenters. The Bertz CT molecular complexity index is 279. The highest BCUT2D eigenvalue weighted by Gasteiger charge is 2.06. The molecular formula is C10H14FN. The molecule has 2 heteroatoms. The quantitative estimate of drug-likeness (QED) is 0.633. The third-order valence-corrected chi connectivity index (χ3v) is 2.46. The van der Waals surface area contributed by atoms with Gasteiger partial charge in [-0.3, -0.25) is 0 Å². The van der Waals surface area contributed by atoms with Gasteiger partial charge < -0.3 is 0 Å². The molecule has 1 aromatic carbocycles. The molecule has 0 aliphatic carbocycles. The van der Waals surface area contributed by atoms with Gasteiger partial charge >= 0.3 is 0 Å². The van der Waals surface area contributed by atoms with Crippen molar-refractivity contribution in [1.82, 2.24) is 0 Å². The van der Waals surface area contributed by atoms with Crippen molar-refractivity contribution in [3.05, 3.63) is 28.3 Å². The van der Waals surface area contributed by atoms with Crippen molar-refractivity contribution in [2.24, 2.45) is 0 Å².